The van der Waals surface area contributed by atoms with Crippen LogP contribution >= 0.6 is 0 Å². The summed E-state index contributed by atoms with van der Waals surface area (Å²) in [5, 5.41) is 12.9. The largest absolute Gasteiger partial charge is 0.480 e. The van der Waals surface area contributed by atoms with E-state index in [2.05, 4.69) is 5.32 Å². The molecule has 2 saturated heterocycles. The minimum absolute atomic E-state index is 0.00394. The number of anilines is 1. The maximum atomic E-state index is 13.8. The molecule has 3 fully saturated rings. The number of amides is 3. The van der Waals surface area contributed by atoms with Gasteiger partial charge in [0.25, 0.3) is 0 Å². The fourth-order valence-corrected chi connectivity index (χ4v) is 5.71. The fraction of sp³-hybridized carbons (Fsp3) is 0.630. The van der Waals surface area contributed by atoms with E-state index in [9.17, 15) is 24.3 Å². The Hall–Kier alpha value is -3.10. The van der Waals surface area contributed by atoms with Gasteiger partial charge >= 0.3 is 12.1 Å². The van der Waals surface area contributed by atoms with Gasteiger partial charge in [0, 0.05) is 18.5 Å². The van der Waals surface area contributed by atoms with Crippen LogP contribution in [-0.4, -0.2) is 64.7 Å². The van der Waals surface area contributed by atoms with Crippen LogP contribution in [0.25, 0.3) is 0 Å². The van der Waals surface area contributed by atoms with Gasteiger partial charge in [-0.05, 0) is 36.3 Å². The van der Waals surface area contributed by atoms with Crippen molar-refractivity contribution < 1.29 is 29.0 Å². The highest BCUT2D eigenvalue weighted by molar-refractivity contribution is 5.93. The first-order chi connectivity index (χ1) is 17.0. The van der Waals surface area contributed by atoms with Crippen LogP contribution in [-0.2, 0) is 19.1 Å². The molecule has 0 radical (unpaired) electrons. The van der Waals surface area contributed by atoms with E-state index in [0.29, 0.717) is 18.0 Å². The summed E-state index contributed by atoms with van der Waals surface area (Å²) >= 11 is 0. The molecule has 2 aliphatic heterocycles. The number of carbonyl (C=O) groups is 4. The number of rotatable bonds is 6. The summed E-state index contributed by atoms with van der Waals surface area (Å²) in [7, 11) is 0. The average molecular weight is 500 g/mol. The second-order valence-electron chi connectivity index (χ2n) is 11.6. The number of benzene rings is 1. The zero-order valence-electron chi connectivity index (χ0n) is 21.4. The van der Waals surface area contributed by atoms with Crippen molar-refractivity contribution in [1.29, 1.82) is 0 Å². The summed E-state index contributed by atoms with van der Waals surface area (Å²) in [6, 6.07) is 6.97. The van der Waals surface area contributed by atoms with E-state index in [0.717, 1.165) is 25.7 Å². The Bertz CT molecular complexity index is 1000. The molecule has 3 aliphatic rings. The molecule has 0 aromatic heterocycles. The molecule has 4 rings (SSSR count). The minimum atomic E-state index is -1.16. The van der Waals surface area contributed by atoms with Gasteiger partial charge in [-0.1, -0.05) is 58.2 Å². The predicted octanol–water partition coefficient (Wildman–Crippen LogP) is 3.57. The molecule has 0 unspecified atom stereocenters. The molecule has 3 amide bonds. The van der Waals surface area contributed by atoms with Gasteiger partial charge in [0.05, 0.1) is 13.1 Å². The van der Waals surface area contributed by atoms with Gasteiger partial charge in [0.15, 0.2) is 5.60 Å². The first-order valence-electron chi connectivity index (χ1n) is 12.9. The smallest absolute Gasteiger partial charge is 0.415 e. The summed E-state index contributed by atoms with van der Waals surface area (Å²) in [5.41, 5.74) is -1.11. The number of likely N-dealkylation sites (tertiary alicyclic amines) is 1. The Labute approximate surface area is 212 Å². The first kappa shape index (κ1) is 26.0. The Kier molecular flexibility index (Phi) is 7.29. The SMILES string of the molecule is CC(C)(C)[C@H](NC(=O)CC1CCCCC1)C(=O)N1C[C@]2(C[C@H]1C(=O)O)CN(c1ccccc1)C(=O)O2. The van der Waals surface area contributed by atoms with Crippen LogP contribution < -0.4 is 10.2 Å². The molecule has 1 aliphatic carbocycles. The van der Waals surface area contributed by atoms with Crippen LogP contribution in [0.5, 0.6) is 0 Å². The molecule has 1 spiro atoms. The molecule has 1 aromatic carbocycles. The molecule has 0 bridgehead atoms. The highest BCUT2D eigenvalue weighted by Gasteiger charge is 2.57. The van der Waals surface area contributed by atoms with E-state index in [1.807, 2.05) is 39.0 Å². The number of aliphatic carboxylic acids is 1. The number of carbonyl (C=O) groups excluding carboxylic acids is 3. The van der Waals surface area contributed by atoms with Crippen molar-refractivity contribution >= 4 is 29.6 Å². The van der Waals surface area contributed by atoms with Crippen molar-refractivity contribution in [3.8, 4) is 0 Å². The molecule has 2 N–H and O–H groups in total. The molecule has 1 aromatic rings. The highest BCUT2D eigenvalue weighted by atomic mass is 16.6. The van der Waals surface area contributed by atoms with Gasteiger partial charge in [0.2, 0.25) is 11.8 Å². The summed E-state index contributed by atoms with van der Waals surface area (Å²) in [6.07, 6.45) is 5.27. The van der Waals surface area contributed by atoms with E-state index in [-0.39, 0.29) is 25.4 Å². The minimum Gasteiger partial charge on any atom is -0.480 e. The van der Waals surface area contributed by atoms with Crippen LogP contribution in [0.15, 0.2) is 30.3 Å². The van der Waals surface area contributed by atoms with Crippen molar-refractivity contribution in [1.82, 2.24) is 10.2 Å². The second kappa shape index (κ2) is 10.1. The summed E-state index contributed by atoms with van der Waals surface area (Å²) in [4.78, 5) is 54.4. The number of carboxylic acids is 1. The van der Waals surface area contributed by atoms with Crippen LogP contribution in [0, 0.1) is 11.3 Å². The lowest BCUT2D eigenvalue weighted by atomic mass is 9.84. The zero-order valence-corrected chi connectivity index (χ0v) is 21.4. The van der Waals surface area contributed by atoms with Crippen molar-refractivity contribution in [3.63, 3.8) is 0 Å². The zero-order chi connectivity index (χ0) is 26.1. The fourth-order valence-electron chi connectivity index (χ4n) is 5.71. The van der Waals surface area contributed by atoms with Gasteiger partial charge in [-0.15, -0.1) is 0 Å². The second-order valence-corrected chi connectivity index (χ2v) is 11.6. The van der Waals surface area contributed by atoms with Gasteiger partial charge in [-0.3, -0.25) is 14.5 Å². The maximum Gasteiger partial charge on any atom is 0.415 e. The van der Waals surface area contributed by atoms with E-state index in [1.54, 1.807) is 12.1 Å². The van der Waals surface area contributed by atoms with Crippen molar-refractivity contribution in [2.45, 2.75) is 83.4 Å². The molecule has 3 atom stereocenters. The average Bonchev–Trinajstić information content (AvgIpc) is 3.37. The van der Waals surface area contributed by atoms with Crippen molar-refractivity contribution in [2.24, 2.45) is 11.3 Å². The molecule has 36 heavy (non-hydrogen) atoms. The van der Waals surface area contributed by atoms with E-state index in [1.165, 1.54) is 16.2 Å². The van der Waals surface area contributed by atoms with Crippen molar-refractivity contribution in [3.05, 3.63) is 30.3 Å². The number of hydrogen-bond donors (Lipinski definition) is 2. The first-order valence-corrected chi connectivity index (χ1v) is 12.9. The Balaban J connectivity index is 1.52. The van der Waals surface area contributed by atoms with Gasteiger partial charge < -0.3 is 20.1 Å². The van der Waals surface area contributed by atoms with Crippen molar-refractivity contribution in [2.75, 3.05) is 18.0 Å². The molecule has 9 heteroatoms. The Morgan fingerprint density at radius 3 is 2.39 bits per heavy atom. The number of carboxylic acid groups (broad SMARTS) is 1. The molecule has 1 saturated carbocycles. The lowest BCUT2D eigenvalue weighted by molar-refractivity contribution is -0.150. The van der Waals surface area contributed by atoms with E-state index in [4.69, 9.17) is 4.74 Å². The van der Waals surface area contributed by atoms with E-state index < -0.39 is 41.1 Å². The lowest BCUT2D eigenvalue weighted by Gasteiger charge is -2.35. The molecule has 9 nitrogen and oxygen atoms in total. The molecule has 2 heterocycles. The van der Waals surface area contributed by atoms with Crippen LogP contribution in [0.1, 0.15) is 65.7 Å². The monoisotopic (exact) mass is 499 g/mol. The summed E-state index contributed by atoms with van der Waals surface area (Å²) in [5.74, 6) is -1.48. The predicted molar refractivity (Wildman–Crippen MR) is 133 cm³/mol. The standard InChI is InChI=1S/C27H37N3O6/c1-26(2,3)22(28-21(31)14-18-10-6-4-7-11-18)23(32)30-17-27(15-20(30)24(33)34)16-29(25(35)36-27)19-12-8-5-9-13-19/h5,8-9,12-13,18,20,22H,4,6-7,10-11,14-17H2,1-3H3,(H,28,31)(H,33,34)/t20-,22+,27-/m0/s1. The topological polar surface area (TPSA) is 116 Å². The third kappa shape index (κ3) is 5.50. The molecule has 196 valence electrons. The number of ether oxygens (including phenoxy) is 1. The molecular formula is C27H37N3O6. The van der Waals surface area contributed by atoms with Crippen LogP contribution in [0.4, 0.5) is 10.5 Å². The van der Waals surface area contributed by atoms with Gasteiger partial charge in [-0.2, -0.15) is 0 Å². The van der Waals surface area contributed by atoms with Crippen LogP contribution in [0.3, 0.4) is 0 Å². The number of hydrogen-bond acceptors (Lipinski definition) is 5. The van der Waals surface area contributed by atoms with Gasteiger partial charge in [0.1, 0.15) is 12.1 Å². The number of para-hydroxylation sites is 1. The maximum absolute atomic E-state index is 13.8. The Morgan fingerprint density at radius 2 is 1.78 bits per heavy atom. The van der Waals surface area contributed by atoms with Crippen LogP contribution in [0.2, 0.25) is 0 Å². The normalized spacial score (nSPS) is 25.6. The number of nitrogens with zero attached hydrogens (tertiary/aromatic N) is 2. The Morgan fingerprint density at radius 1 is 1.11 bits per heavy atom. The third-order valence-electron chi connectivity index (χ3n) is 7.62. The number of nitrogens with one attached hydrogen (secondary N) is 1. The lowest BCUT2D eigenvalue weighted by Crippen LogP contribution is -2.57. The summed E-state index contributed by atoms with van der Waals surface area (Å²) in [6.45, 7) is 5.67. The highest BCUT2D eigenvalue weighted by Crippen LogP contribution is 2.39. The summed E-state index contributed by atoms with van der Waals surface area (Å²) < 4.78 is 5.73. The van der Waals surface area contributed by atoms with Gasteiger partial charge in [-0.25, -0.2) is 9.59 Å². The third-order valence-corrected chi connectivity index (χ3v) is 7.62. The molecular weight excluding hydrogens is 462 g/mol. The quantitative estimate of drug-likeness (QED) is 0.618. The van der Waals surface area contributed by atoms with E-state index >= 15 is 0 Å².